The lowest BCUT2D eigenvalue weighted by molar-refractivity contribution is -0.384. The van der Waals surface area contributed by atoms with E-state index < -0.39 is 0 Å². The van der Waals surface area contributed by atoms with Gasteiger partial charge < -0.3 is 4.90 Å². The molecule has 5 rings (SSSR count). The zero-order valence-corrected chi connectivity index (χ0v) is 13.4. The SMILES string of the molecule is CN1c2ccccc2-c2nc3cc([N+](=O)[O-])ccc3c3cccc1c23. The van der Waals surface area contributed by atoms with E-state index in [1.165, 1.54) is 0 Å². The summed E-state index contributed by atoms with van der Waals surface area (Å²) < 4.78 is 0. The highest BCUT2D eigenvalue weighted by molar-refractivity contribution is 6.19. The van der Waals surface area contributed by atoms with Crippen molar-refractivity contribution in [2.24, 2.45) is 0 Å². The quantitative estimate of drug-likeness (QED) is 0.279. The summed E-state index contributed by atoms with van der Waals surface area (Å²) in [6.45, 7) is 0. The molecular formula is C20H13N3O2. The van der Waals surface area contributed by atoms with Gasteiger partial charge >= 0.3 is 0 Å². The fourth-order valence-electron chi connectivity index (χ4n) is 3.71. The first-order valence-electron chi connectivity index (χ1n) is 7.99. The van der Waals surface area contributed by atoms with Crippen molar-refractivity contribution in [2.45, 2.75) is 0 Å². The van der Waals surface area contributed by atoms with Crippen LogP contribution in [0, 0.1) is 10.1 Å². The van der Waals surface area contributed by atoms with E-state index in [1.54, 1.807) is 18.2 Å². The number of anilines is 2. The van der Waals surface area contributed by atoms with E-state index in [4.69, 9.17) is 4.98 Å². The molecule has 0 amide bonds. The van der Waals surface area contributed by atoms with Crippen LogP contribution in [-0.4, -0.2) is 17.0 Å². The zero-order valence-electron chi connectivity index (χ0n) is 13.4. The van der Waals surface area contributed by atoms with Crippen molar-refractivity contribution in [1.29, 1.82) is 0 Å². The van der Waals surface area contributed by atoms with Gasteiger partial charge in [0.05, 0.1) is 27.5 Å². The molecule has 5 nitrogen and oxygen atoms in total. The van der Waals surface area contributed by atoms with E-state index in [-0.39, 0.29) is 10.6 Å². The molecule has 3 aromatic carbocycles. The molecule has 0 aliphatic carbocycles. The minimum Gasteiger partial charge on any atom is -0.343 e. The van der Waals surface area contributed by atoms with Crippen LogP contribution in [0.15, 0.2) is 60.7 Å². The van der Waals surface area contributed by atoms with Crippen molar-refractivity contribution in [2.75, 3.05) is 11.9 Å². The summed E-state index contributed by atoms with van der Waals surface area (Å²) in [5.74, 6) is 0. The topological polar surface area (TPSA) is 59.3 Å². The molecule has 1 aliphatic heterocycles. The zero-order chi connectivity index (χ0) is 17.1. The van der Waals surface area contributed by atoms with Gasteiger partial charge in [-0.15, -0.1) is 0 Å². The highest BCUT2D eigenvalue weighted by Gasteiger charge is 2.24. The van der Waals surface area contributed by atoms with Crippen LogP contribution in [0.1, 0.15) is 0 Å². The monoisotopic (exact) mass is 327 g/mol. The maximum Gasteiger partial charge on any atom is 0.271 e. The van der Waals surface area contributed by atoms with Gasteiger partial charge in [-0.2, -0.15) is 0 Å². The molecule has 0 saturated carbocycles. The number of nitrogens with zero attached hydrogens (tertiary/aromatic N) is 3. The van der Waals surface area contributed by atoms with E-state index in [0.29, 0.717) is 5.52 Å². The molecular weight excluding hydrogens is 314 g/mol. The molecule has 1 aromatic heterocycles. The third-order valence-electron chi connectivity index (χ3n) is 4.88. The molecule has 25 heavy (non-hydrogen) atoms. The summed E-state index contributed by atoms with van der Waals surface area (Å²) >= 11 is 0. The van der Waals surface area contributed by atoms with Crippen LogP contribution in [0.25, 0.3) is 32.9 Å². The van der Waals surface area contributed by atoms with Crippen molar-refractivity contribution in [3.8, 4) is 11.3 Å². The average molecular weight is 327 g/mol. The first-order chi connectivity index (χ1) is 12.1. The lowest BCUT2D eigenvalue weighted by Crippen LogP contribution is -2.15. The van der Waals surface area contributed by atoms with Crippen molar-refractivity contribution in [3.05, 3.63) is 70.8 Å². The molecule has 0 radical (unpaired) electrons. The minimum atomic E-state index is -0.380. The van der Waals surface area contributed by atoms with E-state index in [9.17, 15) is 10.1 Å². The van der Waals surface area contributed by atoms with Crippen LogP contribution in [0.5, 0.6) is 0 Å². The van der Waals surface area contributed by atoms with Crippen LogP contribution in [0.3, 0.4) is 0 Å². The lowest BCUT2D eigenvalue weighted by atomic mass is 9.93. The largest absolute Gasteiger partial charge is 0.343 e. The second kappa shape index (κ2) is 4.77. The highest BCUT2D eigenvalue weighted by Crippen LogP contribution is 2.47. The van der Waals surface area contributed by atoms with Gasteiger partial charge in [-0.3, -0.25) is 10.1 Å². The Morgan fingerprint density at radius 3 is 2.60 bits per heavy atom. The molecule has 0 saturated heterocycles. The predicted molar refractivity (Wildman–Crippen MR) is 99.4 cm³/mol. The Balaban J connectivity index is 1.99. The second-order valence-electron chi connectivity index (χ2n) is 6.19. The average Bonchev–Trinajstić information content (AvgIpc) is 2.65. The fraction of sp³-hybridized carbons (Fsp3) is 0.0500. The smallest absolute Gasteiger partial charge is 0.271 e. The fourth-order valence-corrected chi connectivity index (χ4v) is 3.71. The van der Waals surface area contributed by atoms with Gasteiger partial charge in [0.25, 0.3) is 5.69 Å². The van der Waals surface area contributed by atoms with Gasteiger partial charge in [0, 0.05) is 35.5 Å². The Hall–Kier alpha value is -3.47. The van der Waals surface area contributed by atoms with E-state index >= 15 is 0 Å². The van der Waals surface area contributed by atoms with E-state index in [1.807, 2.05) is 24.3 Å². The number of hydrogen-bond acceptors (Lipinski definition) is 4. The number of fused-ring (bicyclic) bond motifs is 4. The van der Waals surface area contributed by atoms with Crippen LogP contribution in [-0.2, 0) is 0 Å². The third kappa shape index (κ3) is 1.80. The summed E-state index contributed by atoms with van der Waals surface area (Å²) in [4.78, 5) is 17.8. The maximum atomic E-state index is 11.1. The number of non-ortho nitro benzene ring substituents is 1. The standard InChI is InChI=1S/C20H13N3O2/c1-22-17-7-3-2-5-15(17)20-19-14(6-4-8-18(19)22)13-10-9-12(23(24)25)11-16(13)21-20/h2-11H,1H3. The molecule has 2 heterocycles. The molecule has 1 aliphatic rings. The molecule has 0 N–H and O–H groups in total. The molecule has 0 atom stereocenters. The van der Waals surface area contributed by atoms with Crippen LogP contribution in [0.2, 0.25) is 0 Å². The Bertz CT molecular complexity index is 1200. The second-order valence-corrected chi connectivity index (χ2v) is 6.19. The van der Waals surface area contributed by atoms with E-state index in [2.05, 4.69) is 30.1 Å². The number of pyridine rings is 1. The highest BCUT2D eigenvalue weighted by atomic mass is 16.6. The number of nitro benzene ring substituents is 1. The van der Waals surface area contributed by atoms with E-state index in [0.717, 1.165) is 38.8 Å². The Morgan fingerprint density at radius 1 is 0.960 bits per heavy atom. The molecule has 0 fully saturated rings. The van der Waals surface area contributed by atoms with Crippen molar-refractivity contribution in [3.63, 3.8) is 0 Å². The van der Waals surface area contributed by atoms with Crippen molar-refractivity contribution >= 4 is 38.7 Å². The summed E-state index contributed by atoms with van der Waals surface area (Å²) in [5, 5.41) is 14.2. The molecule has 120 valence electrons. The molecule has 0 bridgehead atoms. The number of rotatable bonds is 1. The normalized spacial score (nSPS) is 12.4. The lowest BCUT2D eigenvalue weighted by Gasteiger charge is -2.29. The van der Waals surface area contributed by atoms with Crippen LogP contribution in [0.4, 0.5) is 17.1 Å². The number of benzene rings is 3. The molecule has 4 aromatic rings. The van der Waals surface area contributed by atoms with Crippen molar-refractivity contribution < 1.29 is 4.92 Å². The molecule has 0 unspecified atom stereocenters. The first kappa shape index (κ1) is 13.9. The van der Waals surface area contributed by atoms with Crippen molar-refractivity contribution in [1.82, 2.24) is 4.98 Å². The number of aromatic nitrogens is 1. The van der Waals surface area contributed by atoms with Gasteiger partial charge in [-0.1, -0.05) is 30.3 Å². The number of nitro groups is 1. The predicted octanol–water partition coefficient (Wildman–Crippen LogP) is 5.04. The van der Waals surface area contributed by atoms with Gasteiger partial charge in [-0.25, -0.2) is 4.98 Å². The summed E-state index contributed by atoms with van der Waals surface area (Å²) in [6.07, 6.45) is 0. The van der Waals surface area contributed by atoms with Gasteiger partial charge in [-0.05, 0) is 23.6 Å². The van der Waals surface area contributed by atoms with Gasteiger partial charge in [0.1, 0.15) is 0 Å². The van der Waals surface area contributed by atoms with Crippen LogP contribution < -0.4 is 4.90 Å². The Kier molecular flexibility index (Phi) is 2.65. The Labute approximate surface area is 143 Å². The Morgan fingerprint density at radius 2 is 1.76 bits per heavy atom. The molecule has 0 spiro atoms. The number of hydrogen-bond donors (Lipinski definition) is 0. The van der Waals surface area contributed by atoms with Crippen LogP contribution >= 0.6 is 0 Å². The minimum absolute atomic E-state index is 0.0592. The maximum absolute atomic E-state index is 11.1. The molecule has 5 heteroatoms. The third-order valence-corrected chi connectivity index (χ3v) is 4.88. The van der Waals surface area contributed by atoms with Gasteiger partial charge in [0.2, 0.25) is 0 Å². The first-order valence-corrected chi connectivity index (χ1v) is 7.99. The summed E-state index contributed by atoms with van der Waals surface area (Å²) in [6, 6.07) is 19.2. The number of para-hydroxylation sites is 1. The summed E-state index contributed by atoms with van der Waals surface area (Å²) in [5.41, 5.74) is 4.81. The summed E-state index contributed by atoms with van der Waals surface area (Å²) in [7, 11) is 2.05. The van der Waals surface area contributed by atoms with Gasteiger partial charge in [0.15, 0.2) is 0 Å².